The summed E-state index contributed by atoms with van der Waals surface area (Å²) in [4.78, 5) is 0. The highest BCUT2D eigenvalue weighted by Gasteiger charge is 2.13. The van der Waals surface area contributed by atoms with Crippen LogP contribution in [0.5, 0.6) is 0 Å². The first-order valence-electron chi connectivity index (χ1n) is 4.53. The summed E-state index contributed by atoms with van der Waals surface area (Å²) < 4.78 is 0. The molecule has 1 aromatic rings. The van der Waals surface area contributed by atoms with Crippen LogP contribution in [0.1, 0.15) is 38.3 Å². The Balaban J connectivity index is 2.53. The molecule has 1 aromatic heterocycles. The average Bonchev–Trinajstić information content (AvgIpc) is 2.55. The van der Waals surface area contributed by atoms with Gasteiger partial charge in [0.15, 0.2) is 0 Å². The smallest absolute Gasteiger partial charge is 0.0329 e. The lowest BCUT2D eigenvalue weighted by molar-refractivity contribution is 0.434. The van der Waals surface area contributed by atoms with Crippen molar-refractivity contribution in [2.75, 3.05) is 0 Å². The Kier molecular flexibility index (Phi) is 3.76. The van der Waals surface area contributed by atoms with Crippen molar-refractivity contribution in [3.8, 4) is 0 Å². The van der Waals surface area contributed by atoms with E-state index in [0.29, 0.717) is 5.92 Å². The molecule has 0 fully saturated rings. The quantitative estimate of drug-likeness (QED) is 0.762. The Morgan fingerprint density at radius 3 is 2.83 bits per heavy atom. The van der Waals surface area contributed by atoms with Crippen molar-refractivity contribution in [2.24, 2.45) is 11.7 Å². The Hall–Kier alpha value is -0.340. The van der Waals surface area contributed by atoms with Gasteiger partial charge in [-0.25, -0.2) is 0 Å². The van der Waals surface area contributed by atoms with Gasteiger partial charge in [-0.3, -0.25) is 0 Å². The summed E-state index contributed by atoms with van der Waals surface area (Å²) in [6.07, 6.45) is 2.44. The molecule has 1 heterocycles. The number of rotatable bonds is 4. The summed E-state index contributed by atoms with van der Waals surface area (Å²) in [5.74, 6) is 0.601. The van der Waals surface area contributed by atoms with Crippen LogP contribution in [0.2, 0.25) is 0 Å². The van der Waals surface area contributed by atoms with E-state index in [4.69, 9.17) is 5.73 Å². The van der Waals surface area contributed by atoms with Gasteiger partial charge in [-0.05, 0) is 34.7 Å². The van der Waals surface area contributed by atoms with Crippen LogP contribution in [0.4, 0.5) is 0 Å². The van der Waals surface area contributed by atoms with Crippen LogP contribution in [0, 0.1) is 5.92 Å². The summed E-state index contributed by atoms with van der Waals surface area (Å²) in [5, 5.41) is 4.24. The van der Waals surface area contributed by atoms with Crippen molar-refractivity contribution in [1.82, 2.24) is 0 Å². The van der Waals surface area contributed by atoms with E-state index in [9.17, 15) is 0 Å². The third-order valence-corrected chi connectivity index (χ3v) is 2.99. The molecule has 2 unspecified atom stereocenters. The topological polar surface area (TPSA) is 26.0 Å². The van der Waals surface area contributed by atoms with Crippen molar-refractivity contribution in [3.05, 3.63) is 22.4 Å². The van der Waals surface area contributed by atoms with Gasteiger partial charge in [-0.1, -0.05) is 20.3 Å². The monoisotopic (exact) mass is 183 g/mol. The van der Waals surface area contributed by atoms with E-state index < -0.39 is 0 Å². The van der Waals surface area contributed by atoms with Crippen molar-refractivity contribution >= 4 is 11.3 Å². The molecule has 1 nitrogen and oxygen atoms in total. The van der Waals surface area contributed by atoms with Gasteiger partial charge in [0.05, 0.1) is 0 Å². The van der Waals surface area contributed by atoms with E-state index in [0.717, 1.165) is 0 Å². The number of thiophene rings is 1. The maximum Gasteiger partial charge on any atom is 0.0329 e. The largest absolute Gasteiger partial charge is 0.324 e. The Bertz CT molecular complexity index is 206. The number of hydrogen-bond donors (Lipinski definition) is 1. The van der Waals surface area contributed by atoms with Gasteiger partial charge >= 0.3 is 0 Å². The molecule has 0 aliphatic heterocycles. The average molecular weight is 183 g/mol. The lowest BCUT2D eigenvalue weighted by Gasteiger charge is -2.17. The molecule has 2 N–H and O–H groups in total. The van der Waals surface area contributed by atoms with Gasteiger partial charge in [0.25, 0.3) is 0 Å². The van der Waals surface area contributed by atoms with E-state index in [1.54, 1.807) is 11.3 Å². The highest BCUT2D eigenvalue weighted by molar-refractivity contribution is 7.07. The third-order valence-electron chi connectivity index (χ3n) is 2.29. The molecule has 68 valence electrons. The predicted octanol–water partition coefficient (Wildman–Crippen LogP) is 3.18. The van der Waals surface area contributed by atoms with Crippen molar-refractivity contribution in [3.63, 3.8) is 0 Å². The maximum atomic E-state index is 6.08. The second kappa shape index (κ2) is 4.63. The van der Waals surface area contributed by atoms with Crippen LogP contribution < -0.4 is 5.73 Å². The molecular formula is C10H17NS. The molecule has 0 aliphatic rings. The normalized spacial score (nSPS) is 15.9. The molecule has 0 spiro atoms. The van der Waals surface area contributed by atoms with Gasteiger partial charge in [-0.15, -0.1) is 0 Å². The molecule has 2 atom stereocenters. The van der Waals surface area contributed by atoms with Crippen molar-refractivity contribution in [1.29, 1.82) is 0 Å². The number of nitrogens with two attached hydrogens (primary N) is 1. The molecule has 0 saturated carbocycles. The molecule has 12 heavy (non-hydrogen) atoms. The Labute approximate surface area is 78.6 Å². The van der Waals surface area contributed by atoms with Gasteiger partial charge in [0.1, 0.15) is 0 Å². The van der Waals surface area contributed by atoms with E-state index >= 15 is 0 Å². The zero-order chi connectivity index (χ0) is 8.97. The van der Waals surface area contributed by atoms with Crippen molar-refractivity contribution in [2.45, 2.75) is 32.7 Å². The summed E-state index contributed by atoms with van der Waals surface area (Å²) >= 11 is 1.72. The van der Waals surface area contributed by atoms with Gasteiger partial charge < -0.3 is 5.73 Å². The first-order valence-corrected chi connectivity index (χ1v) is 5.47. The molecule has 0 radical (unpaired) electrons. The highest BCUT2D eigenvalue weighted by Crippen LogP contribution is 2.24. The lowest BCUT2D eigenvalue weighted by atomic mass is 9.94. The maximum absolute atomic E-state index is 6.08. The molecule has 0 amide bonds. The van der Waals surface area contributed by atoms with E-state index in [2.05, 4.69) is 30.7 Å². The van der Waals surface area contributed by atoms with Crippen LogP contribution in [-0.2, 0) is 0 Å². The van der Waals surface area contributed by atoms with Crippen molar-refractivity contribution < 1.29 is 0 Å². The number of hydrogen-bond acceptors (Lipinski definition) is 2. The summed E-state index contributed by atoms with van der Waals surface area (Å²) in [7, 11) is 0. The zero-order valence-corrected chi connectivity index (χ0v) is 8.60. The zero-order valence-electron chi connectivity index (χ0n) is 7.79. The molecule has 1 rings (SSSR count). The predicted molar refractivity (Wildman–Crippen MR) is 55.3 cm³/mol. The van der Waals surface area contributed by atoms with Crippen LogP contribution in [0.3, 0.4) is 0 Å². The van der Waals surface area contributed by atoms with E-state index in [-0.39, 0.29) is 6.04 Å². The van der Waals surface area contributed by atoms with Gasteiger partial charge in [0.2, 0.25) is 0 Å². The van der Waals surface area contributed by atoms with E-state index in [1.807, 2.05) is 0 Å². The Morgan fingerprint density at radius 1 is 1.58 bits per heavy atom. The second-order valence-electron chi connectivity index (χ2n) is 3.35. The van der Waals surface area contributed by atoms with Crippen LogP contribution in [0.25, 0.3) is 0 Å². The minimum atomic E-state index is 0.233. The SMILES string of the molecule is CCCC(C)C(N)c1ccsc1. The molecule has 0 saturated heterocycles. The fourth-order valence-corrected chi connectivity index (χ4v) is 2.14. The molecule has 2 heteroatoms. The molecule has 0 aromatic carbocycles. The highest BCUT2D eigenvalue weighted by atomic mass is 32.1. The van der Waals surface area contributed by atoms with Gasteiger partial charge in [0, 0.05) is 6.04 Å². The van der Waals surface area contributed by atoms with Gasteiger partial charge in [-0.2, -0.15) is 11.3 Å². The molecule has 0 bridgehead atoms. The molecular weight excluding hydrogens is 166 g/mol. The standard InChI is InChI=1S/C10H17NS/c1-3-4-8(2)10(11)9-5-6-12-7-9/h5-8,10H,3-4,11H2,1-2H3. The summed E-state index contributed by atoms with van der Waals surface area (Å²) in [5.41, 5.74) is 7.37. The second-order valence-corrected chi connectivity index (χ2v) is 4.13. The summed E-state index contributed by atoms with van der Waals surface area (Å²) in [6, 6.07) is 2.36. The minimum absolute atomic E-state index is 0.233. The first-order chi connectivity index (χ1) is 5.75. The van der Waals surface area contributed by atoms with E-state index in [1.165, 1.54) is 18.4 Å². The fraction of sp³-hybridized carbons (Fsp3) is 0.600. The van der Waals surface area contributed by atoms with Crippen LogP contribution in [0.15, 0.2) is 16.8 Å². The fourth-order valence-electron chi connectivity index (χ4n) is 1.43. The minimum Gasteiger partial charge on any atom is -0.324 e. The molecule has 0 aliphatic carbocycles. The van der Waals surface area contributed by atoms with Crippen LogP contribution in [-0.4, -0.2) is 0 Å². The first kappa shape index (κ1) is 9.75. The lowest BCUT2D eigenvalue weighted by Crippen LogP contribution is -2.18. The van der Waals surface area contributed by atoms with Crippen LogP contribution >= 0.6 is 11.3 Å². The summed E-state index contributed by atoms with van der Waals surface area (Å²) in [6.45, 7) is 4.43. The Morgan fingerprint density at radius 2 is 2.33 bits per heavy atom. The third kappa shape index (κ3) is 2.32.